The monoisotopic (exact) mass is 252 g/mol. The van der Waals surface area contributed by atoms with Crippen LogP contribution in [0.4, 0.5) is 5.82 Å². The van der Waals surface area contributed by atoms with Crippen molar-refractivity contribution in [1.29, 1.82) is 0 Å². The maximum absolute atomic E-state index is 11.7. The molecule has 2 heterocycles. The van der Waals surface area contributed by atoms with E-state index in [9.17, 15) is 4.79 Å². The highest BCUT2D eigenvalue weighted by molar-refractivity contribution is 5.91. The zero-order valence-corrected chi connectivity index (χ0v) is 10.7. The van der Waals surface area contributed by atoms with Gasteiger partial charge in [-0.25, -0.2) is 0 Å². The fourth-order valence-electron chi connectivity index (χ4n) is 2.02. The number of H-pyrrole nitrogens is 1. The molecule has 0 bridgehead atoms. The van der Waals surface area contributed by atoms with E-state index in [0.717, 1.165) is 37.9 Å². The van der Waals surface area contributed by atoms with Crippen molar-refractivity contribution in [3.05, 3.63) is 11.8 Å². The summed E-state index contributed by atoms with van der Waals surface area (Å²) in [6.07, 6.45) is 4.70. The smallest absolute Gasteiger partial charge is 0.251 e. The van der Waals surface area contributed by atoms with Gasteiger partial charge in [-0.2, -0.15) is 5.10 Å². The lowest BCUT2D eigenvalue weighted by atomic mass is 10.1. The maximum atomic E-state index is 11.7. The molecule has 0 radical (unpaired) electrons. The molecule has 0 aromatic carbocycles. The van der Waals surface area contributed by atoms with Gasteiger partial charge in [0.25, 0.3) is 5.91 Å². The summed E-state index contributed by atoms with van der Waals surface area (Å²) in [5, 5.41) is 12.7. The van der Waals surface area contributed by atoms with Gasteiger partial charge in [-0.3, -0.25) is 9.89 Å². The van der Waals surface area contributed by atoms with Crippen molar-refractivity contribution in [2.75, 3.05) is 25.0 Å². The number of carbonyl (C=O) groups excluding carboxylic acids is 1. The number of aryl methyl sites for hydroxylation is 1. The van der Waals surface area contributed by atoms with Crippen molar-refractivity contribution in [2.24, 2.45) is 0 Å². The fourth-order valence-corrected chi connectivity index (χ4v) is 2.02. The molecule has 1 fully saturated rings. The van der Waals surface area contributed by atoms with Crippen molar-refractivity contribution in [1.82, 2.24) is 15.5 Å². The minimum absolute atomic E-state index is 0.104. The standard InChI is InChI=1S/C12H20N4O2/c1-2-9-7-14-16-12(9)15-11(17)8-18-10-3-5-13-6-4-10/h7,10,13H,2-6,8H2,1H3,(H2,14,15,16,17). The van der Waals surface area contributed by atoms with Gasteiger partial charge in [0.2, 0.25) is 0 Å². The Bertz CT molecular complexity index is 385. The number of carbonyl (C=O) groups is 1. The Labute approximate surface area is 106 Å². The van der Waals surface area contributed by atoms with E-state index >= 15 is 0 Å². The van der Waals surface area contributed by atoms with Crippen molar-refractivity contribution in [3.8, 4) is 0 Å². The molecule has 0 aliphatic carbocycles. The summed E-state index contributed by atoms with van der Waals surface area (Å²) in [5.74, 6) is 0.545. The Hall–Kier alpha value is -1.40. The molecular weight excluding hydrogens is 232 g/mol. The van der Waals surface area contributed by atoms with Gasteiger partial charge in [0.15, 0.2) is 0 Å². The molecule has 6 heteroatoms. The summed E-state index contributed by atoms with van der Waals surface area (Å²) >= 11 is 0. The number of hydrogen-bond donors (Lipinski definition) is 3. The average Bonchev–Trinajstić information content (AvgIpc) is 2.85. The minimum atomic E-state index is -0.132. The number of aromatic nitrogens is 2. The van der Waals surface area contributed by atoms with E-state index < -0.39 is 0 Å². The summed E-state index contributed by atoms with van der Waals surface area (Å²) in [5.41, 5.74) is 1.00. The van der Waals surface area contributed by atoms with Gasteiger partial charge < -0.3 is 15.4 Å². The zero-order chi connectivity index (χ0) is 12.8. The molecule has 1 saturated heterocycles. The largest absolute Gasteiger partial charge is 0.368 e. The van der Waals surface area contributed by atoms with Crippen LogP contribution in [0.3, 0.4) is 0 Å². The summed E-state index contributed by atoms with van der Waals surface area (Å²) < 4.78 is 5.58. The lowest BCUT2D eigenvalue weighted by Crippen LogP contribution is -2.34. The number of anilines is 1. The van der Waals surface area contributed by atoms with Gasteiger partial charge in [-0.15, -0.1) is 0 Å². The highest BCUT2D eigenvalue weighted by Crippen LogP contribution is 2.11. The normalized spacial score (nSPS) is 16.7. The van der Waals surface area contributed by atoms with Gasteiger partial charge in [0.05, 0.1) is 12.3 Å². The van der Waals surface area contributed by atoms with Crippen LogP contribution in [-0.4, -0.2) is 41.9 Å². The van der Waals surface area contributed by atoms with Crippen LogP contribution in [0.15, 0.2) is 6.20 Å². The van der Waals surface area contributed by atoms with E-state index in [4.69, 9.17) is 4.74 Å². The molecule has 18 heavy (non-hydrogen) atoms. The van der Waals surface area contributed by atoms with Crippen LogP contribution >= 0.6 is 0 Å². The molecule has 6 nitrogen and oxygen atoms in total. The fraction of sp³-hybridized carbons (Fsp3) is 0.667. The van der Waals surface area contributed by atoms with Crippen molar-refractivity contribution in [2.45, 2.75) is 32.3 Å². The topological polar surface area (TPSA) is 79.0 Å². The van der Waals surface area contributed by atoms with Crippen molar-refractivity contribution >= 4 is 11.7 Å². The van der Waals surface area contributed by atoms with Gasteiger partial charge in [-0.1, -0.05) is 6.92 Å². The maximum Gasteiger partial charge on any atom is 0.251 e. The lowest BCUT2D eigenvalue weighted by molar-refractivity contribution is -0.123. The second kappa shape index (κ2) is 6.51. The summed E-state index contributed by atoms with van der Waals surface area (Å²) in [7, 11) is 0. The Kier molecular flexibility index (Phi) is 4.72. The number of piperidine rings is 1. The third-order valence-electron chi connectivity index (χ3n) is 3.10. The molecule has 3 N–H and O–H groups in total. The van der Waals surface area contributed by atoms with Gasteiger partial charge in [0, 0.05) is 5.56 Å². The van der Waals surface area contributed by atoms with E-state index in [1.54, 1.807) is 6.20 Å². The molecule has 0 unspecified atom stereocenters. The van der Waals surface area contributed by atoms with Crippen LogP contribution in [0.2, 0.25) is 0 Å². The van der Waals surface area contributed by atoms with Gasteiger partial charge in [0.1, 0.15) is 12.4 Å². The van der Waals surface area contributed by atoms with E-state index in [0.29, 0.717) is 5.82 Å². The number of ether oxygens (including phenoxy) is 1. The first-order valence-corrected chi connectivity index (χ1v) is 6.44. The Morgan fingerprint density at radius 2 is 2.33 bits per heavy atom. The third kappa shape index (κ3) is 3.54. The first-order chi connectivity index (χ1) is 8.79. The van der Waals surface area contributed by atoms with Gasteiger partial charge in [-0.05, 0) is 32.4 Å². The molecule has 2 rings (SSSR count). The molecule has 1 aromatic heterocycles. The van der Waals surface area contributed by atoms with Crippen molar-refractivity contribution in [3.63, 3.8) is 0 Å². The molecule has 1 aliphatic heterocycles. The Morgan fingerprint density at radius 1 is 1.56 bits per heavy atom. The molecule has 1 aromatic rings. The Balaban J connectivity index is 1.74. The molecule has 100 valence electrons. The van der Waals surface area contributed by atoms with E-state index in [1.807, 2.05) is 6.92 Å². The van der Waals surface area contributed by atoms with Gasteiger partial charge >= 0.3 is 0 Å². The van der Waals surface area contributed by atoms with E-state index in [2.05, 4.69) is 20.8 Å². The number of aromatic amines is 1. The van der Waals surface area contributed by atoms with E-state index in [-0.39, 0.29) is 18.6 Å². The predicted molar refractivity (Wildman–Crippen MR) is 68.4 cm³/mol. The molecular formula is C12H20N4O2. The number of amides is 1. The predicted octanol–water partition coefficient (Wildman–Crippen LogP) is 0.679. The zero-order valence-electron chi connectivity index (χ0n) is 10.7. The molecule has 0 spiro atoms. The molecule has 1 amide bonds. The molecule has 1 aliphatic rings. The molecule has 0 saturated carbocycles. The Morgan fingerprint density at radius 3 is 3.06 bits per heavy atom. The van der Waals surface area contributed by atoms with E-state index in [1.165, 1.54) is 0 Å². The van der Waals surface area contributed by atoms with Crippen molar-refractivity contribution < 1.29 is 9.53 Å². The van der Waals surface area contributed by atoms with Crippen LogP contribution in [0.1, 0.15) is 25.3 Å². The minimum Gasteiger partial charge on any atom is -0.368 e. The SMILES string of the molecule is CCc1cn[nH]c1NC(=O)COC1CCNCC1. The van der Waals surface area contributed by atoms with Crippen LogP contribution in [-0.2, 0) is 16.0 Å². The third-order valence-corrected chi connectivity index (χ3v) is 3.10. The number of nitrogens with one attached hydrogen (secondary N) is 3. The first-order valence-electron chi connectivity index (χ1n) is 6.44. The summed E-state index contributed by atoms with van der Waals surface area (Å²) in [6.45, 7) is 4.05. The molecule has 0 atom stereocenters. The number of rotatable bonds is 5. The second-order valence-corrected chi connectivity index (χ2v) is 4.43. The van der Waals surface area contributed by atoms with Crippen LogP contribution in [0, 0.1) is 0 Å². The first kappa shape index (κ1) is 13.0. The van der Waals surface area contributed by atoms with Crippen LogP contribution in [0.5, 0.6) is 0 Å². The van der Waals surface area contributed by atoms with Crippen LogP contribution < -0.4 is 10.6 Å². The summed E-state index contributed by atoms with van der Waals surface area (Å²) in [6, 6.07) is 0. The average molecular weight is 252 g/mol. The lowest BCUT2D eigenvalue weighted by Gasteiger charge is -2.22. The van der Waals surface area contributed by atoms with Crippen LogP contribution in [0.25, 0.3) is 0 Å². The quantitative estimate of drug-likeness (QED) is 0.720. The highest BCUT2D eigenvalue weighted by atomic mass is 16.5. The second-order valence-electron chi connectivity index (χ2n) is 4.43. The summed E-state index contributed by atoms with van der Waals surface area (Å²) in [4.78, 5) is 11.7. The highest BCUT2D eigenvalue weighted by Gasteiger charge is 2.15. The number of hydrogen-bond acceptors (Lipinski definition) is 4. The number of nitrogens with zero attached hydrogens (tertiary/aromatic N) is 1.